The molecule has 0 aliphatic carbocycles. The van der Waals surface area contributed by atoms with Gasteiger partial charge in [0, 0.05) is 0 Å². The third kappa shape index (κ3) is 2.28. The average molecular weight is 241 g/mol. The Balaban J connectivity index is 3.51. The van der Waals surface area contributed by atoms with Gasteiger partial charge in [-0.05, 0) is 19.1 Å². The van der Waals surface area contributed by atoms with E-state index in [-0.39, 0.29) is 0 Å². The van der Waals surface area contributed by atoms with Crippen LogP contribution in [0.1, 0.15) is 22.8 Å². The molecular weight excluding hydrogens is 236 g/mol. The molecule has 0 saturated heterocycles. The van der Waals surface area contributed by atoms with E-state index in [0.29, 0.717) is 0 Å². The van der Waals surface area contributed by atoms with Crippen LogP contribution in [-0.4, -0.2) is 5.78 Å². The fraction of sp³-hybridized carbons (Fsp3) is 0.222. The highest BCUT2D eigenvalue weighted by Crippen LogP contribution is 2.37. The van der Waals surface area contributed by atoms with Crippen LogP contribution < -0.4 is 0 Å². The zero-order valence-corrected chi connectivity index (χ0v) is 8.21. The van der Waals surface area contributed by atoms with Crippen molar-refractivity contribution in [2.75, 3.05) is 0 Å². The summed E-state index contributed by atoms with van der Waals surface area (Å²) in [5.41, 5.74) is -2.22. The molecule has 1 aromatic carbocycles. The minimum Gasteiger partial charge on any atom is -0.294 e. The van der Waals surface area contributed by atoms with E-state index in [4.69, 9.17) is 11.6 Å². The van der Waals surface area contributed by atoms with Gasteiger partial charge >= 0.3 is 6.18 Å². The molecule has 0 unspecified atom stereocenters. The largest absolute Gasteiger partial charge is 0.420 e. The van der Waals surface area contributed by atoms with Crippen LogP contribution in [0.4, 0.5) is 17.6 Å². The number of benzene rings is 1. The summed E-state index contributed by atoms with van der Waals surface area (Å²) in [7, 11) is 0. The quantitative estimate of drug-likeness (QED) is 0.540. The number of carbonyl (C=O) groups is 1. The van der Waals surface area contributed by atoms with E-state index in [1.54, 1.807) is 0 Å². The number of carbonyl (C=O) groups excluding carboxylic acids is 1. The second-order valence-corrected chi connectivity index (χ2v) is 3.25. The van der Waals surface area contributed by atoms with Crippen molar-refractivity contribution in [1.82, 2.24) is 0 Å². The van der Waals surface area contributed by atoms with Crippen molar-refractivity contribution in [2.45, 2.75) is 13.1 Å². The molecule has 6 heteroatoms. The third-order valence-electron chi connectivity index (χ3n) is 1.75. The van der Waals surface area contributed by atoms with Crippen LogP contribution in [0.5, 0.6) is 0 Å². The Morgan fingerprint density at radius 1 is 1.33 bits per heavy atom. The van der Waals surface area contributed by atoms with Crippen molar-refractivity contribution in [3.63, 3.8) is 0 Å². The first-order valence-electron chi connectivity index (χ1n) is 3.81. The first kappa shape index (κ1) is 12.0. The molecule has 0 N–H and O–H groups in total. The van der Waals surface area contributed by atoms with Gasteiger partial charge in [-0.3, -0.25) is 4.79 Å². The van der Waals surface area contributed by atoms with Gasteiger partial charge in [0.1, 0.15) is 11.4 Å². The van der Waals surface area contributed by atoms with Gasteiger partial charge in [-0.25, -0.2) is 4.39 Å². The first-order valence-corrected chi connectivity index (χ1v) is 4.19. The van der Waals surface area contributed by atoms with Crippen molar-refractivity contribution in [3.8, 4) is 0 Å². The van der Waals surface area contributed by atoms with E-state index in [1.807, 2.05) is 0 Å². The molecule has 0 saturated carbocycles. The molecule has 0 amide bonds. The number of ketones is 1. The number of halogens is 5. The molecule has 0 aromatic heterocycles. The van der Waals surface area contributed by atoms with Gasteiger partial charge in [0.15, 0.2) is 5.78 Å². The van der Waals surface area contributed by atoms with Crippen LogP contribution in [-0.2, 0) is 6.18 Å². The molecule has 82 valence electrons. The average Bonchev–Trinajstić information content (AvgIpc) is 2.00. The van der Waals surface area contributed by atoms with Crippen LogP contribution in [0.25, 0.3) is 0 Å². The van der Waals surface area contributed by atoms with Crippen molar-refractivity contribution in [1.29, 1.82) is 0 Å². The molecule has 1 rings (SSSR count). The number of hydrogen-bond acceptors (Lipinski definition) is 1. The van der Waals surface area contributed by atoms with E-state index < -0.39 is 33.9 Å². The van der Waals surface area contributed by atoms with Crippen molar-refractivity contribution >= 4 is 17.4 Å². The number of alkyl halides is 3. The molecule has 0 spiro atoms. The highest BCUT2D eigenvalue weighted by molar-refractivity contribution is 6.31. The number of rotatable bonds is 1. The monoisotopic (exact) mass is 240 g/mol. The Morgan fingerprint density at radius 2 is 1.87 bits per heavy atom. The van der Waals surface area contributed by atoms with Gasteiger partial charge in [0.25, 0.3) is 0 Å². The van der Waals surface area contributed by atoms with Crippen LogP contribution in [0.3, 0.4) is 0 Å². The third-order valence-corrected chi connectivity index (χ3v) is 2.07. The van der Waals surface area contributed by atoms with Crippen molar-refractivity contribution in [2.24, 2.45) is 0 Å². The van der Waals surface area contributed by atoms with Gasteiger partial charge in [-0.2, -0.15) is 13.2 Å². The summed E-state index contributed by atoms with van der Waals surface area (Å²) in [6.45, 7) is 0.979. The lowest BCUT2D eigenvalue weighted by molar-refractivity contribution is -0.139. The normalized spacial score (nSPS) is 11.6. The summed E-state index contributed by atoms with van der Waals surface area (Å²) in [6, 6.07) is 1.78. The maximum atomic E-state index is 13.3. The fourth-order valence-electron chi connectivity index (χ4n) is 1.08. The molecule has 0 radical (unpaired) electrons. The van der Waals surface area contributed by atoms with E-state index >= 15 is 0 Å². The minimum absolute atomic E-state index is 0.619. The Hall–Kier alpha value is -1.10. The molecule has 0 bridgehead atoms. The van der Waals surface area contributed by atoms with E-state index in [2.05, 4.69) is 0 Å². The molecule has 0 aliphatic rings. The van der Waals surface area contributed by atoms with E-state index in [1.165, 1.54) is 0 Å². The molecule has 0 atom stereocenters. The minimum atomic E-state index is -4.91. The summed E-state index contributed by atoms with van der Waals surface area (Å²) in [5.74, 6) is -2.41. The lowest BCUT2D eigenvalue weighted by Gasteiger charge is -2.11. The van der Waals surface area contributed by atoms with Gasteiger partial charge in [-0.1, -0.05) is 11.6 Å². The van der Waals surface area contributed by atoms with Crippen LogP contribution in [0.2, 0.25) is 5.02 Å². The summed E-state index contributed by atoms with van der Waals surface area (Å²) in [6.07, 6.45) is -4.91. The lowest BCUT2D eigenvalue weighted by Crippen LogP contribution is -2.12. The maximum Gasteiger partial charge on any atom is 0.420 e. The number of hydrogen-bond donors (Lipinski definition) is 0. The van der Waals surface area contributed by atoms with E-state index in [0.717, 1.165) is 19.1 Å². The summed E-state index contributed by atoms with van der Waals surface area (Å²) < 4.78 is 50.2. The Labute approximate surface area is 87.7 Å². The maximum absolute atomic E-state index is 13.3. The summed E-state index contributed by atoms with van der Waals surface area (Å²) >= 11 is 5.22. The number of Topliss-reactive ketones (excluding diaryl/α,β-unsaturated/α-hetero) is 1. The van der Waals surface area contributed by atoms with Gasteiger partial charge < -0.3 is 0 Å². The van der Waals surface area contributed by atoms with Crippen LogP contribution in [0.15, 0.2) is 12.1 Å². The summed E-state index contributed by atoms with van der Waals surface area (Å²) in [4.78, 5) is 10.8. The second kappa shape index (κ2) is 3.81. The Bertz CT molecular complexity index is 411. The smallest absolute Gasteiger partial charge is 0.294 e. The van der Waals surface area contributed by atoms with Gasteiger partial charge in [-0.15, -0.1) is 0 Å². The second-order valence-electron chi connectivity index (χ2n) is 2.84. The van der Waals surface area contributed by atoms with E-state index in [9.17, 15) is 22.4 Å². The fourth-order valence-corrected chi connectivity index (χ4v) is 1.34. The molecule has 1 aromatic rings. The highest BCUT2D eigenvalue weighted by Gasteiger charge is 2.38. The predicted octanol–water partition coefficient (Wildman–Crippen LogP) is 3.70. The van der Waals surface area contributed by atoms with Crippen molar-refractivity contribution in [3.05, 3.63) is 34.1 Å². The molecule has 0 heterocycles. The Kier molecular flexibility index (Phi) is 3.04. The molecular formula is C9H5ClF4O. The first-order chi connectivity index (χ1) is 6.75. The zero-order chi connectivity index (χ0) is 11.8. The van der Waals surface area contributed by atoms with Gasteiger partial charge in [0.2, 0.25) is 0 Å². The standard InChI is InChI=1S/C9H5ClF4O/c1-4(15)5-2-3-6(10)7(8(5)11)9(12,13)14/h2-3H,1H3. The molecule has 15 heavy (non-hydrogen) atoms. The molecule has 0 aliphatic heterocycles. The lowest BCUT2D eigenvalue weighted by atomic mass is 10.1. The molecule has 0 fully saturated rings. The van der Waals surface area contributed by atoms with Crippen LogP contribution >= 0.6 is 11.6 Å². The summed E-state index contributed by atoms with van der Waals surface area (Å²) in [5, 5.41) is -0.759. The predicted molar refractivity (Wildman–Crippen MR) is 46.4 cm³/mol. The topological polar surface area (TPSA) is 17.1 Å². The zero-order valence-electron chi connectivity index (χ0n) is 7.45. The van der Waals surface area contributed by atoms with Crippen LogP contribution in [0, 0.1) is 5.82 Å². The Morgan fingerprint density at radius 3 is 2.27 bits per heavy atom. The molecule has 1 nitrogen and oxygen atoms in total. The highest BCUT2D eigenvalue weighted by atomic mass is 35.5. The van der Waals surface area contributed by atoms with Gasteiger partial charge in [0.05, 0.1) is 10.6 Å². The van der Waals surface area contributed by atoms with Crippen molar-refractivity contribution < 1.29 is 22.4 Å². The SMILES string of the molecule is CC(=O)c1ccc(Cl)c(C(F)(F)F)c1F.